The number of nitrogens with one attached hydrogen (secondary N) is 1. The Balaban J connectivity index is 1.72. The molecule has 3 heterocycles. The first kappa shape index (κ1) is 13.4. The molecule has 2 aromatic rings. The molecular weight excluding hydrogens is 276 g/mol. The lowest BCUT2D eigenvalue weighted by molar-refractivity contribution is -0.0351. The molecule has 1 aliphatic heterocycles. The monoisotopic (exact) mass is 292 g/mol. The van der Waals surface area contributed by atoms with Crippen LogP contribution in [0.3, 0.4) is 0 Å². The molecule has 20 heavy (non-hydrogen) atoms. The van der Waals surface area contributed by atoms with Crippen molar-refractivity contribution in [3.8, 4) is 0 Å². The molecule has 0 bridgehead atoms. The Morgan fingerprint density at radius 3 is 3.25 bits per heavy atom. The van der Waals surface area contributed by atoms with Crippen molar-refractivity contribution in [1.82, 2.24) is 19.9 Å². The maximum Gasteiger partial charge on any atom is 0.251 e. The maximum absolute atomic E-state index is 11.5. The zero-order valence-electron chi connectivity index (χ0n) is 11.2. The third-order valence-electron chi connectivity index (χ3n) is 3.20. The third kappa shape index (κ3) is 3.12. The average Bonchev–Trinajstić information content (AvgIpc) is 2.91. The summed E-state index contributed by atoms with van der Waals surface area (Å²) >= 11 is 1.65. The molecule has 1 fully saturated rings. The number of aromatic amines is 1. The van der Waals surface area contributed by atoms with Crippen molar-refractivity contribution < 1.29 is 4.74 Å². The number of ether oxygens (including phenoxy) is 1. The van der Waals surface area contributed by atoms with E-state index in [0.29, 0.717) is 18.1 Å². The summed E-state index contributed by atoms with van der Waals surface area (Å²) in [6.45, 7) is 4.85. The lowest BCUT2D eigenvalue weighted by Crippen LogP contribution is -2.38. The van der Waals surface area contributed by atoms with Gasteiger partial charge in [0.15, 0.2) is 0 Å². The topological polar surface area (TPSA) is 71.1 Å². The third-order valence-corrected chi connectivity index (χ3v) is 3.97. The minimum atomic E-state index is -0.148. The second-order valence-electron chi connectivity index (χ2n) is 4.78. The molecule has 0 aromatic carbocycles. The van der Waals surface area contributed by atoms with Gasteiger partial charge in [0.1, 0.15) is 16.9 Å². The molecule has 0 saturated carbocycles. The number of hydrogen-bond acceptors (Lipinski definition) is 6. The van der Waals surface area contributed by atoms with Crippen LogP contribution in [0.25, 0.3) is 0 Å². The van der Waals surface area contributed by atoms with Gasteiger partial charge in [-0.15, -0.1) is 11.3 Å². The quantitative estimate of drug-likeness (QED) is 0.917. The van der Waals surface area contributed by atoms with Crippen molar-refractivity contribution in [2.24, 2.45) is 0 Å². The van der Waals surface area contributed by atoms with E-state index in [1.165, 1.54) is 6.07 Å². The highest BCUT2D eigenvalue weighted by atomic mass is 32.1. The fourth-order valence-corrected chi connectivity index (χ4v) is 2.97. The van der Waals surface area contributed by atoms with Crippen LogP contribution in [0.2, 0.25) is 0 Å². The van der Waals surface area contributed by atoms with Crippen molar-refractivity contribution in [3.05, 3.63) is 44.5 Å². The lowest BCUT2D eigenvalue weighted by atomic mass is 10.2. The molecule has 7 heteroatoms. The Morgan fingerprint density at radius 1 is 1.60 bits per heavy atom. The van der Waals surface area contributed by atoms with E-state index in [4.69, 9.17) is 4.74 Å². The maximum atomic E-state index is 11.5. The van der Waals surface area contributed by atoms with Crippen molar-refractivity contribution in [2.45, 2.75) is 19.6 Å². The molecule has 1 atom stereocenters. The highest BCUT2D eigenvalue weighted by Crippen LogP contribution is 2.21. The molecule has 3 rings (SSSR count). The van der Waals surface area contributed by atoms with Gasteiger partial charge in [-0.05, 0) is 6.92 Å². The number of morpholine rings is 1. The summed E-state index contributed by atoms with van der Waals surface area (Å²) in [6, 6.07) is 1.52. The summed E-state index contributed by atoms with van der Waals surface area (Å²) in [5.74, 6) is 0.619. The minimum Gasteiger partial charge on any atom is -0.369 e. The summed E-state index contributed by atoms with van der Waals surface area (Å²) in [4.78, 5) is 25.1. The van der Waals surface area contributed by atoms with E-state index in [1.54, 1.807) is 18.3 Å². The van der Waals surface area contributed by atoms with Crippen LogP contribution >= 0.6 is 11.3 Å². The van der Waals surface area contributed by atoms with Crippen LogP contribution in [0.15, 0.2) is 22.4 Å². The summed E-state index contributed by atoms with van der Waals surface area (Å²) < 4.78 is 5.75. The molecule has 2 aromatic heterocycles. The van der Waals surface area contributed by atoms with Gasteiger partial charge in [-0.3, -0.25) is 9.69 Å². The molecule has 6 nitrogen and oxygen atoms in total. The first-order valence-corrected chi connectivity index (χ1v) is 7.39. The zero-order chi connectivity index (χ0) is 13.9. The van der Waals surface area contributed by atoms with Crippen LogP contribution in [0, 0.1) is 6.92 Å². The lowest BCUT2D eigenvalue weighted by Gasteiger charge is -2.31. The average molecular weight is 292 g/mol. The van der Waals surface area contributed by atoms with Gasteiger partial charge in [-0.2, -0.15) is 0 Å². The van der Waals surface area contributed by atoms with Gasteiger partial charge in [-0.1, -0.05) is 0 Å². The largest absolute Gasteiger partial charge is 0.369 e. The van der Waals surface area contributed by atoms with Crippen molar-refractivity contribution >= 4 is 11.3 Å². The van der Waals surface area contributed by atoms with E-state index in [0.717, 1.165) is 24.6 Å². The molecule has 1 saturated heterocycles. The van der Waals surface area contributed by atoms with Gasteiger partial charge < -0.3 is 9.72 Å². The van der Waals surface area contributed by atoms with Crippen LogP contribution in [-0.2, 0) is 11.3 Å². The van der Waals surface area contributed by atoms with Crippen LogP contribution in [0.1, 0.15) is 22.6 Å². The standard InChI is InChI=1S/C13H16N4O2S/c1-9-15-10(6-12(18)16-9)11-7-17(3-4-19-11)8-13-14-2-5-20-13/h2,5-6,11H,3-4,7-8H2,1H3,(H,15,16,18). The van der Waals surface area contributed by atoms with E-state index in [2.05, 4.69) is 19.9 Å². The summed E-state index contributed by atoms with van der Waals surface area (Å²) in [5.41, 5.74) is 0.572. The van der Waals surface area contributed by atoms with Crippen LogP contribution in [-0.4, -0.2) is 39.5 Å². The SMILES string of the molecule is Cc1nc(C2CN(Cc3nccs3)CCO2)cc(=O)[nH]1. The molecule has 0 amide bonds. The number of hydrogen-bond donors (Lipinski definition) is 1. The molecule has 106 valence electrons. The molecule has 0 spiro atoms. The van der Waals surface area contributed by atoms with E-state index in [-0.39, 0.29) is 11.7 Å². The minimum absolute atomic E-state index is 0.131. The smallest absolute Gasteiger partial charge is 0.251 e. The molecule has 1 aliphatic rings. The highest BCUT2D eigenvalue weighted by Gasteiger charge is 2.24. The Bertz CT molecular complexity index is 626. The normalized spacial score (nSPS) is 20.1. The van der Waals surface area contributed by atoms with E-state index >= 15 is 0 Å². The number of aryl methyl sites for hydroxylation is 1. The first-order chi connectivity index (χ1) is 9.70. The fraction of sp³-hybridized carbons (Fsp3) is 0.462. The number of nitrogens with zero attached hydrogens (tertiary/aromatic N) is 3. The molecule has 0 radical (unpaired) electrons. The summed E-state index contributed by atoms with van der Waals surface area (Å²) in [5, 5.41) is 3.08. The highest BCUT2D eigenvalue weighted by molar-refractivity contribution is 7.09. The number of rotatable bonds is 3. The van der Waals surface area contributed by atoms with Gasteiger partial charge in [0.2, 0.25) is 0 Å². The van der Waals surface area contributed by atoms with Crippen molar-refractivity contribution in [1.29, 1.82) is 0 Å². The first-order valence-electron chi connectivity index (χ1n) is 6.51. The van der Waals surface area contributed by atoms with E-state index in [9.17, 15) is 4.79 Å². The summed E-state index contributed by atoms with van der Waals surface area (Å²) in [6.07, 6.45) is 1.67. The van der Waals surface area contributed by atoms with E-state index < -0.39 is 0 Å². The van der Waals surface area contributed by atoms with Gasteiger partial charge in [0, 0.05) is 30.7 Å². The van der Waals surface area contributed by atoms with Gasteiger partial charge in [-0.25, -0.2) is 9.97 Å². The predicted molar refractivity (Wildman–Crippen MR) is 75.7 cm³/mol. The van der Waals surface area contributed by atoms with E-state index in [1.807, 2.05) is 11.6 Å². The number of thiazole rings is 1. The number of H-pyrrole nitrogens is 1. The summed E-state index contributed by atoms with van der Waals surface area (Å²) in [7, 11) is 0. The Kier molecular flexibility index (Phi) is 3.90. The fourth-order valence-electron chi connectivity index (χ4n) is 2.31. The van der Waals surface area contributed by atoms with Gasteiger partial charge in [0.05, 0.1) is 18.8 Å². The van der Waals surface area contributed by atoms with Crippen molar-refractivity contribution in [2.75, 3.05) is 19.7 Å². The van der Waals surface area contributed by atoms with Gasteiger partial charge in [0.25, 0.3) is 5.56 Å². The zero-order valence-corrected chi connectivity index (χ0v) is 12.0. The molecule has 0 aliphatic carbocycles. The Hall–Kier alpha value is -1.57. The Morgan fingerprint density at radius 2 is 2.50 bits per heavy atom. The molecular formula is C13H16N4O2S. The second kappa shape index (κ2) is 5.82. The van der Waals surface area contributed by atoms with Crippen molar-refractivity contribution in [3.63, 3.8) is 0 Å². The molecule has 1 N–H and O–H groups in total. The van der Waals surface area contributed by atoms with Crippen LogP contribution in [0.4, 0.5) is 0 Å². The van der Waals surface area contributed by atoms with Crippen LogP contribution < -0.4 is 5.56 Å². The second-order valence-corrected chi connectivity index (χ2v) is 5.76. The van der Waals surface area contributed by atoms with Crippen LogP contribution in [0.5, 0.6) is 0 Å². The number of aromatic nitrogens is 3. The predicted octanol–water partition coefficient (Wildman–Crippen LogP) is 1.11. The molecule has 1 unspecified atom stereocenters. The Labute approximate surface area is 120 Å². The van der Waals surface area contributed by atoms with Gasteiger partial charge >= 0.3 is 0 Å².